The van der Waals surface area contributed by atoms with Crippen LogP contribution in [0.1, 0.15) is 62.8 Å². The largest absolute Gasteiger partial charge is 0.484 e. The van der Waals surface area contributed by atoms with Crippen LogP contribution in [0.5, 0.6) is 5.75 Å². The minimum atomic E-state index is -0.132. The second-order valence-electron chi connectivity index (χ2n) is 8.34. The quantitative estimate of drug-likeness (QED) is 0.681. The number of nitrogens with zero attached hydrogens (tertiary/aromatic N) is 1. The zero-order valence-corrected chi connectivity index (χ0v) is 17.2. The molecule has 1 aliphatic heterocycles. The average Bonchev–Trinajstić information content (AvgIpc) is 2.80. The number of carbonyl (C=O) groups is 1. The minimum Gasteiger partial charge on any atom is -0.484 e. The molecule has 1 amide bonds. The summed E-state index contributed by atoms with van der Waals surface area (Å²) in [6, 6.07) is 16.4. The molecule has 1 saturated carbocycles. The molecule has 1 aliphatic carbocycles. The van der Waals surface area contributed by atoms with E-state index in [1.807, 2.05) is 24.3 Å². The fourth-order valence-corrected chi connectivity index (χ4v) is 4.53. The Labute approximate surface area is 174 Å². The second kappa shape index (κ2) is 9.82. The van der Waals surface area contributed by atoms with Crippen molar-refractivity contribution >= 4 is 17.3 Å². The van der Waals surface area contributed by atoms with Crippen molar-refractivity contribution in [2.75, 3.05) is 29.9 Å². The van der Waals surface area contributed by atoms with Crippen LogP contribution in [-0.2, 0) is 4.79 Å². The van der Waals surface area contributed by atoms with E-state index in [1.54, 1.807) is 0 Å². The van der Waals surface area contributed by atoms with Gasteiger partial charge in [-0.05, 0) is 80.0 Å². The third-order valence-corrected chi connectivity index (χ3v) is 6.20. The SMILES string of the molecule is O=C(COc1ccc(C2CCCCC2)cc1)Nc1ccc(N2CCCCC2)cc1. The van der Waals surface area contributed by atoms with Gasteiger partial charge in [-0.2, -0.15) is 0 Å². The summed E-state index contributed by atoms with van der Waals surface area (Å²) >= 11 is 0. The van der Waals surface area contributed by atoms with Gasteiger partial charge in [-0.3, -0.25) is 4.79 Å². The first-order chi connectivity index (χ1) is 14.3. The Balaban J connectivity index is 1.24. The van der Waals surface area contributed by atoms with Crippen molar-refractivity contribution in [1.29, 1.82) is 0 Å². The third kappa shape index (κ3) is 5.53. The summed E-state index contributed by atoms with van der Waals surface area (Å²) < 4.78 is 5.68. The number of amides is 1. The van der Waals surface area contributed by atoms with Crippen LogP contribution in [0, 0.1) is 0 Å². The van der Waals surface area contributed by atoms with E-state index < -0.39 is 0 Å². The Kier molecular flexibility index (Phi) is 6.71. The number of carbonyl (C=O) groups excluding carboxylic acids is 1. The average molecular weight is 393 g/mol. The van der Waals surface area contributed by atoms with Gasteiger partial charge < -0.3 is 15.0 Å². The Morgan fingerprint density at radius 2 is 1.52 bits per heavy atom. The van der Waals surface area contributed by atoms with Crippen molar-refractivity contribution in [2.45, 2.75) is 57.3 Å². The molecule has 2 aromatic carbocycles. The maximum absolute atomic E-state index is 12.2. The number of ether oxygens (including phenoxy) is 1. The highest BCUT2D eigenvalue weighted by Crippen LogP contribution is 2.33. The molecular weight excluding hydrogens is 360 g/mol. The van der Waals surface area contributed by atoms with Crippen LogP contribution in [0.25, 0.3) is 0 Å². The number of anilines is 2. The van der Waals surface area contributed by atoms with Gasteiger partial charge in [0.05, 0.1) is 0 Å². The molecule has 1 saturated heterocycles. The predicted molar refractivity (Wildman–Crippen MR) is 119 cm³/mol. The molecule has 0 spiro atoms. The molecule has 4 heteroatoms. The highest BCUT2D eigenvalue weighted by molar-refractivity contribution is 5.92. The van der Waals surface area contributed by atoms with Crippen LogP contribution < -0.4 is 15.0 Å². The molecule has 0 radical (unpaired) electrons. The topological polar surface area (TPSA) is 41.6 Å². The first kappa shape index (κ1) is 19.8. The van der Waals surface area contributed by atoms with Gasteiger partial charge in [0.2, 0.25) is 0 Å². The van der Waals surface area contributed by atoms with E-state index in [2.05, 4.69) is 34.5 Å². The lowest BCUT2D eigenvalue weighted by molar-refractivity contribution is -0.118. The van der Waals surface area contributed by atoms with Gasteiger partial charge >= 0.3 is 0 Å². The Bertz CT molecular complexity index is 773. The molecule has 4 nitrogen and oxygen atoms in total. The summed E-state index contributed by atoms with van der Waals surface area (Å²) in [6.07, 6.45) is 10.5. The smallest absolute Gasteiger partial charge is 0.262 e. The molecule has 0 bridgehead atoms. The summed E-state index contributed by atoms with van der Waals surface area (Å²) in [5.41, 5.74) is 3.44. The van der Waals surface area contributed by atoms with Crippen LogP contribution in [0.15, 0.2) is 48.5 Å². The minimum absolute atomic E-state index is 0.0245. The lowest BCUT2D eigenvalue weighted by Gasteiger charge is -2.28. The maximum Gasteiger partial charge on any atom is 0.262 e. The molecular formula is C25H32N2O2. The summed E-state index contributed by atoms with van der Waals surface area (Å²) in [4.78, 5) is 14.7. The van der Waals surface area contributed by atoms with Gasteiger partial charge in [0.25, 0.3) is 5.91 Å². The number of benzene rings is 2. The van der Waals surface area contributed by atoms with Crippen molar-refractivity contribution in [3.8, 4) is 5.75 Å². The van der Waals surface area contributed by atoms with Crippen LogP contribution >= 0.6 is 0 Å². The predicted octanol–water partition coefficient (Wildman–Crippen LogP) is 5.74. The lowest BCUT2D eigenvalue weighted by Crippen LogP contribution is -2.29. The summed E-state index contributed by atoms with van der Waals surface area (Å²) in [5.74, 6) is 1.31. The standard InChI is InChI=1S/C25H32N2O2/c28-25(26-22-11-13-23(14-12-22)27-17-5-2-6-18-27)19-29-24-15-9-21(10-16-24)20-7-3-1-4-8-20/h9-16,20H,1-8,17-19H2,(H,26,28). The molecule has 2 aliphatic rings. The summed E-state index contributed by atoms with van der Waals surface area (Å²) in [6.45, 7) is 2.27. The Morgan fingerprint density at radius 3 is 2.21 bits per heavy atom. The van der Waals surface area contributed by atoms with Crippen LogP contribution in [0.3, 0.4) is 0 Å². The molecule has 1 heterocycles. The summed E-state index contributed by atoms with van der Waals surface area (Å²) in [5, 5.41) is 2.92. The molecule has 2 fully saturated rings. The van der Waals surface area contributed by atoms with E-state index >= 15 is 0 Å². The van der Waals surface area contributed by atoms with E-state index in [1.165, 1.54) is 62.6 Å². The number of piperidine rings is 1. The molecule has 1 N–H and O–H groups in total. The molecule has 4 rings (SSSR count). The van der Waals surface area contributed by atoms with Crippen LogP contribution in [0.4, 0.5) is 11.4 Å². The van der Waals surface area contributed by atoms with Gasteiger partial charge in [0, 0.05) is 24.5 Å². The number of nitrogens with one attached hydrogen (secondary N) is 1. The molecule has 0 unspecified atom stereocenters. The zero-order chi connectivity index (χ0) is 19.9. The molecule has 0 aromatic heterocycles. The fraction of sp³-hybridized carbons (Fsp3) is 0.480. The monoisotopic (exact) mass is 392 g/mol. The van der Waals surface area contributed by atoms with Crippen molar-refractivity contribution in [3.63, 3.8) is 0 Å². The molecule has 154 valence electrons. The normalized spacial score (nSPS) is 17.7. The van der Waals surface area contributed by atoms with Crippen molar-refractivity contribution in [1.82, 2.24) is 0 Å². The molecule has 0 atom stereocenters. The van der Waals surface area contributed by atoms with E-state index in [4.69, 9.17) is 4.74 Å². The van der Waals surface area contributed by atoms with Gasteiger partial charge in [-0.1, -0.05) is 31.4 Å². The Hall–Kier alpha value is -2.49. The highest BCUT2D eigenvalue weighted by atomic mass is 16.5. The second-order valence-corrected chi connectivity index (χ2v) is 8.34. The van der Waals surface area contributed by atoms with Gasteiger partial charge in [-0.15, -0.1) is 0 Å². The van der Waals surface area contributed by atoms with Crippen molar-refractivity contribution < 1.29 is 9.53 Å². The van der Waals surface area contributed by atoms with Gasteiger partial charge in [-0.25, -0.2) is 0 Å². The number of hydrogen-bond acceptors (Lipinski definition) is 3. The Morgan fingerprint density at radius 1 is 0.862 bits per heavy atom. The van der Waals surface area contributed by atoms with Crippen molar-refractivity contribution in [2.24, 2.45) is 0 Å². The van der Waals surface area contributed by atoms with Gasteiger partial charge in [0.1, 0.15) is 5.75 Å². The first-order valence-corrected chi connectivity index (χ1v) is 11.2. The van der Waals surface area contributed by atoms with E-state index in [0.717, 1.165) is 24.5 Å². The third-order valence-electron chi connectivity index (χ3n) is 6.20. The van der Waals surface area contributed by atoms with Gasteiger partial charge in [0.15, 0.2) is 6.61 Å². The lowest BCUT2D eigenvalue weighted by atomic mass is 9.84. The fourth-order valence-electron chi connectivity index (χ4n) is 4.53. The molecule has 2 aromatic rings. The van der Waals surface area contributed by atoms with E-state index in [-0.39, 0.29) is 12.5 Å². The van der Waals surface area contributed by atoms with Crippen LogP contribution in [0.2, 0.25) is 0 Å². The maximum atomic E-state index is 12.2. The molecule has 29 heavy (non-hydrogen) atoms. The first-order valence-electron chi connectivity index (χ1n) is 11.2. The number of hydrogen-bond donors (Lipinski definition) is 1. The zero-order valence-electron chi connectivity index (χ0n) is 17.2. The number of rotatable bonds is 6. The van der Waals surface area contributed by atoms with E-state index in [9.17, 15) is 4.79 Å². The highest BCUT2D eigenvalue weighted by Gasteiger charge is 2.15. The van der Waals surface area contributed by atoms with Crippen LogP contribution in [-0.4, -0.2) is 25.6 Å². The van der Waals surface area contributed by atoms with E-state index in [0.29, 0.717) is 5.92 Å². The summed E-state index contributed by atoms with van der Waals surface area (Å²) in [7, 11) is 0. The van der Waals surface area contributed by atoms with Crippen molar-refractivity contribution in [3.05, 3.63) is 54.1 Å².